The molecule has 2 aromatic rings. The molecule has 0 spiro atoms. The Morgan fingerprint density at radius 2 is 2.00 bits per heavy atom. The molecule has 1 aliphatic heterocycles. The molecule has 0 saturated carbocycles. The number of para-hydroxylation sites is 2. The van der Waals surface area contributed by atoms with Gasteiger partial charge in [0, 0.05) is 5.69 Å². The number of hydrogen-bond acceptors (Lipinski definition) is 3. The Morgan fingerprint density at radius 1 is 1.14 bits per heavy atom. The number of ether oxygens (including phenoxy) is 1. The van der Waals surface area contributed by atoms with Crippen LogP contribution in [-0.4, -0.2) is 18.6 Å². The number of hydrogen-bond donors (Lipinski definition) is 2. The van der Waals surface area contributed by atoms with Gasteiger partial charge in [0.25, 0.3) is 5.91 Å². The van der Waals surface area contributed by atoms with Crippen LogP contribution in [0.4, 0.5) is 11.4 Å². The van der Waals surface area contributed by atoms with Crippen molar-refractivity contribution in [2.24, 2.45) is 0 Å². The fourth-order valence-corrected chi connectivity index (χ4v) is 3.13. The Balaban J connectivity index is 1.47. The van der Waals surface area contributed by atoms with Crippen molar-refractivity contribution in [1.82, 2.24) is 0 Å². The quantitative estimate of drug-likeness (QED) is 0.895. The molecular formula is C18H18N2O2. The molecule has 0 fully saturated rings. The lowest BCUT2D eigenvalue weighted by molar-refractivity contribution is -0.122. The Morgan fingerprint density at radius 3 is 2.95 bits per heavy atom. The Labute approximate surface area is 129 Å². The van der Waals surface area contributed by atoms with Gasteiger partial charge in [-0.1, -0.05) is 18.2 Å². The van der Waals surface area contributed by atoms with Crippen LogP contribution in [0.5, 0.6) is 5.75 Å². The topological polar surface area (TPSA) is 50.4 Å². The maximum absolute atomic E-state index is 12.4. The highest BCUT2D eigenvalue weighted by Crippen LogP contribution is 2.29. The van der Waals surface area contributed by atoms with E-state index < -0.39 is 6.10 Å². The van der Waals surface area contributed by atoms with Crippen molar-refractivity contribution in [3.63, 3.8) is 0 Å². The highest BCUT2D eigenvalue weighted by atomic mass is 16.5. The molecule has 1 aliphatic carbocycles. The van der Waals surface area contributed by atoms with Crippen LogP contribution in [0, 0.1) is 0 Å². The number of carbonyl (C=O) groups is 1. The first kappa shape index (κ1) is 13.2. The van der Waals surface area contributed by atoms with Crippen LogP contribution in [0.1, 0.15) is 17.5 Å². The van der Waals surface area contributed by atoms with E-state index >= 15 is 0 Å². The van der Waals surface area contributed by atoms with Crippen molar-refractivity contribution in [2.45, 2.75) is 25.4 Å². The van der Waals surface area contributed by atoms with Crippen LogP contribution >= 0.6 is 0 Å². The zero-order valence-corrected chi connectivity index (χ0v) is 12.3. The van der Waals surface area contributed by atoms with Gasteiger partial charge in [-0.25, -0.2) is 0 Å². The van der Waals surface area contributed by atoms with Crippen LogP contribution in [0.3, 0.4) is 0 Å². The summed E-state index contributed by atoms with van der Waals surface area (Å²) in [5.74, 6) is 0.614. The van der Waals surface area contributed by atoms with E-state index in [0.717, 1.165) is 30.0 Å². The van der Waals surface area contributed by atoms with Crippen molar-refractivity contribution < 1.29 is 9.53 Å². The van der Waals surface area contributed by atoms with Gasteiger partial charge in [0.05, 0.1) is 12.2 Å². The molecule has 2 N–H and O–H groups in total. The van der Waals surface area contributed by atoms with E-state index in [1.165, 1.54) is 17.5 Å². The minimum atomic E-state index is -0.511. The lowest BCUT2D eigenvalue weighted by Gasteiger charge is -2.26. The van der Waals surface area contributed by atoms with Gasteiger partial charge in [0.1, 0.15) is 5.75 Å². The summed E-state index contributed by atoms with van der Waals surface area (Å²) in [7, 11) is 0. The Hall–Kier alpha value is -2.49. The maximum Gasteiger partial charge on any atom is 0.267 e. The summed E-state index contributed by atoms with van der Waals surface area (Å²) in [4.78, 5) is 12.4. The van der Waals surface area contributed by atoms with Gasteiger partial charge < -0.3 is 15.4 Å². The van der Waals surface area contributed by atoms with Crippen molar-refractivity contribution in [2.75, 3.05) is 17.2 Å². The Bertz CT molecular complexity index is 727. The van der Waals surface area contributed by atoms with Crippen LogP contribution in [0.25, 0.3) is 0 Å². The van der Waals surface area contributed by atoms with E-state index in [0.29, 0.717) is 6.54 Å². The molecule has 0 bridgehead atoms. The predicted octanol–water partition coefficient (Wildman–Crippen LogP) is 2.99. The third kappa shape index (κ3) is 2.41. The third-order valence-corrected chi connectivity index (χ3v) is 4.29. The number of anilines is 2. The van der Waals surface area contributed by atoms with Crippen molar-refractivity contribution in [3.05, 3.63) is 53.6 Å². The third-order valence-electron chi connectivity index (χ3n) is 4.29. The molecule has 2 aromatic carbocycles. The summed E-state index contributed by atoms with van der Waals surface area (Å²) in [5.41, 5.74) is 4.55. The number of nitrogens with one attached hydrogen (secondary N) is 2. The summed E-state index contributed by atoms with van der Waals surface area (Å²) in [6.07, 6.45) is 2.95. The number of benzene rings is 2. The lowest BCUT2D eigenvalue weighted by Crippen LogP contribution is -2.41. The zero-order valence-electron chi connectivity index (χ0n) is 12.3. The molecule has 4 heteroatoms. The highest BCUT2D eigenvalue weighted by molar-refractivity contribution is 5.95. The highest BCUT2D eigenvalue weighted by Gasteiger charge is 2.25. The van der Waals surface area contributed by atoms with Gasteiger partial charge in [-0.05, 0) is 54.7 Å². The van der Waals surface area contributed by atoms with Crippen molar-refractivity contribution in [3.8, 4) is 5.75 Å². The average Bonchev–Trinajstić information content (AvgIpc) is 3.02. The van der Waals surface area contributed by atoms with Gasteiger partial charge in [-0.3, -0.25) is 4.79 Å². The molecule has 1 atom stereocenters. The molecule has 0 saturated heterocycles. The molecule has 4 rings (SSSR count). The molecule has 0 radical (unpaired) electrons. The van der Waals surface area contributed by atoms with Crippen LogP contribution < -0.4 is 15.4 Å². The molecule has 2 aliphatic rings. The van der Waals surface area contributed by atoms with Crippen molar-refractivity contribution in [1.29, 1.82) is 0 Å². The second kappa shape index (κ2) is 5.37. The van der Waals surface area contributed by atoms with Crippen LogP contribution in [0.15, 0.2) is 42.5 Å². The van der Waals surface area contributed by atoms with E-state index in [1.807, 2.05) is 30.3 Å². The van der Waals surface area contributed by atoms with Gasteiger partial charge >= 0.3 is 0 Å². The molecule has 1 heterocycles. The summed E-state index contributed by atoms with van der Waals surface area (Å²) >= 11 is 0. The molecule has 1 unspecified atom stereocenters. The smallest absolute Gasteiger partial charge is 0.267 e. The van der Waals surface area contributed by atoms with E-state index in [1.54, 1.807) is 0 Å². The van der Waals surface area contributed by atoms with E-state index in [9.17, 15) is 4.79 Å². The predicted molar refractivity (Wildman–Crippen MR) is 86.4 cm³/mol. The zero-order chi connectivity index (χ0) is 14.9. The first-order valence-electron chi connectivity index (χ1n) is 7.72. The average molecular weight is 294 g/mol. The van der Waals surface area contributed by atoms with Crippen LogP contribution in [-0.2, 0) is 17.6 Å². The molecule has 0 aromatic heterocycles. The number of aryl methyl sites for hydroxylation is 2. The fraction of sp³-hybridized carbons (Fsp3) is 0.278. The second-order valence-corrected chi connectivity index (χ2v) is 5.81. The van der Waals surface area contributed by atoms with Crippen LogP contribution in [0.2, 0.25) is 0 Å². The van der Waals surface area contributed by atoms with E-state index in [2.05, 4.69) is 22.8 Å². The fourth-order valence-electron chi connectivity index (χ4n) is 3.13. The van der Waals surface area contributed by atoms with E-state index in [4.69, 9.17) is 4.74 Å². The summed E-state index contributed by atoms with van der Waals surface area (Å²) in [6, 6.07) is 13.9. The molecular weight excluding hydrogens is 276 g/mol. The van der Waals surface area contributed by atoms with Gasteiger partial charge in [-0.2, -0.15) is 0 Å². The minimum absolute atomic E-state index is 0.111. The normalized spacial score (nSPS) is 18.6. The van der Waals surface area contributed by atoms with Gasteiger partial charge in [-0.15, -0.1) is 0 Å². The second-order valence-electron chi connectivity index (χ2n) is 5.81. The number of carbonyl (C=O) groups excluding carboxylic acids is 1. The van der Waals surface area contributed by atoms with Gasteiger partial charge in [0.15, 0.2) is 6.10 Å². The summed E-state index contributed by atoms with van der Waals surface area (Å²) < 4.78 is 5.78. The Kier molecular flexibility index (Phi) is 3.22. The largest absolute Gasteiger partial charge is 0.477 e. The lowest BCUT2D eigenvalue weighted by atomic mass is 10.1. The maximum atomic E-state index is 12.4. The number of rotatable bonds is 2. The molecule has 112 valence electrons. The standard InChI is InChI=1S/C18H18N2O2/c21-18(17-11-19-15-6-1-2-7-16(15)22-17)20-14-9-8-12-4-3-5-13(12)10-14/h1-2,6-10,17,19H,3-5,11H2,(H,20,21). The number of amides is 1. The first-order chi connectivity index (χ1) is 10.8. The molecule has 4 nitrogen and oxygen atoms in total. The SMILES string of the molecule is O=C(Nc1ccc2c(c1)CCC2)C1CNc2ccccc2O1. The molecule has 1 amide bonds. The van der Waals surface area contributed by atoms with Crippen molar-refractivity contribution >= 4 is 17.3 Å². The summed E-state index contributed by atoms with van der Waals surface area (Å²) in [5, 5.41) is 6.20. The molecule has 22 heavy (non-hydrogen) atoms. The minimum Gasteiger partial charge on any atom is -0.477 e. The summed E-state index contributed by atoms with van der Waals surface area (Å²) in [6.45, 7) is 0.480. The van der Waals surface area contributed by atoms with Gasteiger partial charge in [0.2, 0.25) is 0 Å². The van der Waals surface area contributed by atoms with E-state index in [-0.39, 0.29) is 5.91 Å². The number of fused-ring (bicyclic) bond motifs is 2. The first-order valence-corrected chi connectivity index (χ1v) is 7.72. The monoisotopic (exact) mass is 294 g/mol.